The van der Waals surface area contributed by atoms with Gasteiger partial charge in [-0.25, -0.2) is 14.8 Å². The lowest BCUT2D eigenvalue weighted by atomic mass is 10.1. The van der Waals surface area contributed by atoms with Gasteiger partial charge in [0.05, 0.1) is 11.9 Å². The van der Waals surface area contributed by atoms with Gasteiger partial charge in [-0.05, 0) is 25.1 Å². The second-order valence-electron chi connectivity index (χ2n) is 5.05. The van der Waals surface area contributed by atoms with Crippen LogP contribution in [0.3, 0.4) is 0 Å². The lowest BCUT2D eigenvalue weighted by Gasteiger charge is -2.08. The molecular formula is C18H14ClFN4O. The monoisotopic (exact) mass is 356 g/mol. The average Bonchev–Trinajstić information content (AvgIpc) is 2.63. The lowest BCUT2D eigenvalue weighted by molar-refractivity contribution is 0.462. The first-order valence-corrected chi connectivity index (χ1v) is 7.82. The number of halogens is 2. The van der Waals surface area contributed by atoms with Gasteiger partial charge in [-0.2, -0.15) is 10.1 Å². The van der Waals surface area contributed by atoms with E-state index in [1.165, 1.54) is 12.3 Å². The Hall–Kier alpha value is -2.99. The van der Waals surface area contributed by atoms with Crippen molar-refractivity contribution in [3.63, 3.8) is 0 Å². The highest BCUT2D eigenvalue weighted by Gasteiger charge is 2.09. The van der Waals surface area contributed by atoms with Gasteiger partial charge in [0.25, 0.3) is 0 Å². The summed E-state index contributed by atoms with van der Waals surface area (Å²) in [7, 11) is 0. The first-order valence-electron chi connectivity index (χ1n) is 7.44. The SMILES string of the molecule is C/C(=N\Nc1ncc(Cl)c(Oc2ccccc2)n1)c1ccccc1F. The summed E-state index contributed by atoms with van der Waals surface area (Å²) in [6.07, 6.45) is 1.41. The van der Waals surface area contributed by atoms with E-state index >= 15 is 0 Å². The van der Waals surface area contributed by atoms with E-state index in [2.05, 4.69) is 20.5 Å². The van der Waals surface area contributed by atoms with Crippen LogP contribution in [0.15, 0.2) is 65.9 Å². The van der Waals surface area contributed by atoms with Gasteiger partial charge in [-0.1, -0.05) is 48.0 Å². The number of ether oxygens (including phenoxy) is 1. The molecule has 1 heterocycles. The molecule has 3 aromatic rings. The Kier molecular flexibility index (Phi) is 5.20. The van der Waals surface area contributed by atoms with Crippen LogP contribution in [0.2, 0.25) is 5.02 Å². The third-order valence-corrected chi connectivity index (χ3v) is 3.52. The summed E-state index contributed by atoms with van der Waals surface area (Å²) in [6.45, 7) is 1.68. The molecule has 0 saturated heterocycles. The van der Waals surface area contributed by atoms with Crippen molar-refractivity contribution in [2.24, 2.45) is 5.10 Å². The summed E-state index contributed by atoms with van der Waals surface area (Å²) in [6, 6.07) is 15.5. The highest BCUT2D eigenvalue weighted by molar-refractivity contribution is 6.31. The number of nitrogens with one attached hydrogen (secondary N) is 1. The maximum absolute atomic E-state index is 13.7. The van der Waals surface area contributed by atoms with Crippen LogP contribution in [0.1, 0.15) is 12.5 Å². The summed E-state index contributed by atoms with van der Waals surface area (Å²) in [5.74, 6) is 0.630. The Morgan fingerprint density at radius 2 is 1.84 bits per heavy atom. The minimum atomic E-state index is -0.351. The van der Waals surface area contributed by atoms with Gasteiger partial charge in [0.1, 0.15) is 16.6 Å². The van der Waals surface area contributed by atoms with Crippen molar-refractivity contribution in [3.05, 3.63) is 77.2 Å². The highest BCUT2D eigenvalue weighted by atomic mass is 35.5. The third kappa shape index (κ3) is 4.30. The van der Waals surface area contributed by atoms with Crippen LogP contribution in [0.25, 0.3) is 0 Å². The normalized spacial score (nSPS) is 11.2. The second kappa shape index (κ2) is 7.72. The molecule has 0 aliphatic rings. The summed E-state index contributed by atoms with van der Waals surface area (Å²) in [5, 5.41) is 4.37. The van der Waals surface area contributed by atoms with Crippen LogP contribution in [0.5, 0.6) is 11.6 Å². The van der Waals surface area contributed by atoms with Crippen LogP contribution >= 0.6 is 11.6 Å². The topological polar surface area (TPSA) is 59.4 Å². The average molecular weight is 357 g/mol. The molecule has 0 saturated carbocycles. The summed E-state index contributed by atoms with van der Waals surface area (Å²) in [4.78, 5) is 8.21. The molecule has 126 valence electrons. The Bertz CT molecular complexity index is 903. The fraction of sp³-hybridized carbons (Fsp3) is 0.0556. The Morgan fingerprint density at radius 1 is 1.12 bits per heavy atom. The number of anilines is 1. The second-order valence-corrected chi connectivity index (χ2v) is 5.46. The van der Waals surface area contributed by atoms with Crippen LogP contribution in [-0.2, 0) is 0 Å². The first-order chi connectivity index (χ1) is 12.1. The zero-order valence-electron chi connectivity index (χ0n) is 13.3. The van der Waals surface area contributed by atoms with E-state index in [9.17, 15) is 4.39 Å². The molecule has 0 bridgehead atoms. The van der Waals surface area contributed by atoms with Gasteiger partial charge in [-0.3, -0.25) is 0 Å². The molecule has 0 radical (unpaired) electrons. The number of hydrogen-bond acceptors (Lipinski definition) is 5. The van der Waals surface area contributed by atoms with E-state index in [1.54, 1.807) is 37.3 Å². The molecule has 0 atom stereocenters. The van der Waals surface area contributed by atoms with Crippen molar-refractivity contribution in [1.29, 1.82) is 0 Å². The molecule has 3 rings (SSSR count). The molecule has 0 spiro atoms. The van der Waals surface area contributed by atoms with Crippen molar-refractivity contribution < 1.29 is 9.13 Å². The van der Waals surface area contributed by atoms with Gasteiger partial charge in [0, 0.05) is 5.56 Å². The maximum atomic E-state index is 13.7. The number of nitrogens with zero attached hydrogens (tertiary/aromatic N) is 3. The molecule has 1 N–H and O–H groups in total. The number of hydrogen-bond donors (Lipinski definition) is 1. The van der Waals surface area contributed by atoms with Gasteiger partial charge in [-0.15, -0.1) is 0 Å². The molecular weight excluding hydrogens is 343 g/mol. The Morgan fingerprint density at radius 3 is 2.60 bits per heavy atom. The zero-order chi connectivity index (χ0) is 17.6. The predicted octanol–water partition coefficient (Wildman–Crippen LogP) is 4.90. The van der Waals surface area contributed by atoms with Crippen molar-refractivity contribution in [1.82, 2.24) is 9.97 Å². The van der Waals surface area contributed by atoms with Crippen molar-refractivity contribution in [2.45, 2.75) is 6.92 Å². The maximum Gasteiger partial charge on any atom is 0.246 e. The molecule has 0 aliphatic heterocycles. The fourth-order valence-corrected chi connectivity index (χ4v) is 2.16. The van der Waals surface area contributed by atoms with E-state index in [4.69, 9.17) is 16.3 Å². The van der Waals surface area contributed by atoms with Crippen molar-refractivity contribution in [2.75, 3.05) is 5.43 Å². The smallest absolute Gasteiger partial charge is 0.246 e. The quantitative estimate of drug-likeness (QED) is 0.522. The van der Waals surface area contributed by atoms with Crippen LogP contribution in [-0.4, -0.2) is 15.7 Å². The van der Waals surface area contributed by atoms with E-state index in [0.717, 1.165) is 0 Å². The van der Waals surface area contributed by atoms with Crippen molar-refractivity contribution >= 4 is 23.3 Å². The molecule has 5 nitrogen and oxygen atoms in total. The van der Waals surface area contributed by atoms with Gasteiger partial charge >= 0.3 is 0 Å². The fourth-order valence-electron chi connectivity index (χ4n) is 2.03. The lowest BCUT2D eigenvalue weighted by Crippen LogP contribution is -2.04. The predicted molar refractivity (Wildman–Crippen MR) is 95.8 cm³/mol. The van der Waals surface area contributed by atoms with Crippen LogP contribution < -0.4 is 10.2 Å². The van der Waals surface area contributed by atoms with Crippen molar-refractivity contribution in [3.8, 4) is 11.6 Å². The largest absolute Gasteiger partial charge is 0.437 e. The number of para-hydroxylation sites is 1. The molecule has 7 heteroatoms. The molecule has 25 heavy (non-hydrogen) atoms. The number of rotatable bonds is 5. The molecule has 0 amide bonds. The minimum Gasteiger partial charge on any atom is -0.437 e. The van der Waals surface area contributed by atoms with E-state index in [-0.39, 0.29) is 22.7 Å². The van der Waals surface area contributed by atoms with E-state index in [1.807, 2.05) is 18.2 Å². The molecule has 2 aromatic carbocycles. The highest BCUT2D eigenvalue weighted by Crippen LogP contribution is 2.27. The number of benzene rings is 2. The zero-order valence-corrected chi connectivity index (χ0v) is 14.0. The van der Waals surface area contributed by atoms with Gasteiger partial charge in [0.15, 0.2) is 0 Å². The standard InChI is InChI=1S/C18H14ClFN4O/c1-12(14-9-5-6-10-16(14)20)23-24-18-21-11-15(19)17(22-18)25-13-7-3-2-4-8-13/h2-11H,1H3,(H,21,22,24)/b23-12+. The summed E-state index contributed by atoms with van der Waals surface area (Å²) in [5.41, 5.74) is 3.54. The Balaban J connectivity index is 1.78. The summed E-state index contributed by atoms with van der Waals surface area (Å²) >= 11 is 6.06. The first kappa shape index (κ1) is 16.9. The van der Waals surface area contributed by atoms with E-state index < -0.39 is 0 Å². The minimum absolute atomic E-state index is 0.186. The molecule has 0 fully saturated rings. The van der Waals surface area contributed by atoms with Gasteiger partial charge in [0.2, 0.25) is 11.8 Å². The summed E-state index contributed by atoms with van der Waals surface area (Å²) < 4.78 is 19.4. The third-order valence-electron chi connectivity index (χ3n) is 3.26. The molecule has 0 aliphatic carbocycles. The number of hydrazone groups is 1. The van der Waals surface area contributed by atoms with Crippen LogP contribution in [0, 0.1) is 5.82 Å². The molecule has 1 aromatic heterocycles. The van der Waals surface area contributed by atoms with Crippen LogP contribution in [0.4, 0.5) is 10.3 Å². The Labute approximate surface area is 149 Å². The number of aromatic nitrogens is 2. The molecule has 0 unspecified atom stereocenters. The van der Waals surface area contributed by atoms with Gasteiger partial charge < -0.3 is 4.74 Å². The van der Waals surface area contributed by atoms with E-state index in [0.29, 0.717) is 17.0 Å².